The third-order valence-electron chi connectivity index (χ3n) is 5.65. The molecule has 0 aliphatic carbocycles. The molecule has 1 aliphatic heterocycles. The van der Waals surface area contributed by atoms with Gasteiger partial charge in [-0.3, -0.25) is 4.79 Å². The van der Waals surface area contributed by atoms with E-state index < -0.39 is 16.1 Å². The molecule has 1 N–H and O–H groups in total. The number of hydrogen-bond donors (Lipinski definition) is 1. The highest BCUT2D eigenvalue weighted by Crippen LogP contribution is 2.22. The Kier molecular flexibility index (Phi) is 7.15. The first kappa shape index (κ1) is 22.3. The van der Waals surface area contributed by atoms with Crippen molar-refractivity contribution in [3.63, 3.8) is 0 Å². The normalized spacial score (nSPS) is 16.3. The molecule has 30 heavy (non-hydrogen) atoms. The molecule has 0 saturated carbocycles. The van der Waals surface area contributed by atoms with Crippen molar-refractivity contribution in [2.75, 3.05) is 20.2 Å². The Morgan fingerprint density at radius 2 is 1.83 bits per heavy atom. The zero-order valence-electron chi connectivity index (χ0n) is 17.8. The molecule has 0 aromatic heterocycles. The maximum Gasteiger partial charge on any atom is 0.241 e. The number of nitrogens with zero attached hydrogens (tertiary/aromatic N) is 1. The number of likely N-dealkylation sites (tertiary alicyclic amines) is 1. The molecule has 0 bridgehead atoms. The first-order valence-corrected chi connectivity index (χ1v) is 11.8. The van der Waals surface area contributed by atoms with Crippen LogP contribution in [0.25, 0.3) is 0 Å². The fourth-order valence-corrected chi connectivity index (χ4v) is 5.03. The predicted octanol–water partition coefficient (Wildman–Crippen LogP) is 3.15. The van der Waals surface area contributed by atoms with E-state index in [1.165, 1.54) is 6.07 Å². The van der Waals surface area contributed by atoms with Crippen LogP contribution in [0.2, 0.25) is 0 Å². The van der Waals surface area contributed by atoms with Gasteiger partial charge in [-0.15, -0.1) is 0 Å². The standard InChI is InChI=1S/C23H30N2O4S/c1-17-11-13-25(14-12-17)23(26)21(16-19-7-5-4-6-8-19)24-30(27,28)20-9-10-22(29-3)18(2)15-20/h4-10,15,17,21,24H,11-14,16H2,1-3H3. The molecule has 0 radical (unpaired) electrons. The highest BCUT2D eigenvalue weighted by atomic mass is 32.2. The monoisotopic (exact) mass is 430 g/mol. The summed E-state index contributed by atoms with van der Waals surface area (Å²) < 4.78 is 34.1. The molecule has 1 unspecified atom stereocenters. The van der Waals surface area contributed by atoms with Crippen molar-refractivity contribution in [1.82, 2.24) is 9.62 Å². The van der Waals surface area contributed by atoms with Crippen LogP contribution >= 0.6 is 0 Å². The zero-order valence-corrected chi connectivity index (χ0v) is 18.6. The maximum absolute atomic E-state index is 13.3. The van der Waals surface area contributed by atoms with E-state index in [4.69, 9.17) is 4.74 Å². The quantitative estimate of drug-likeness (QED) is 0.732. The molecular formula is C23H30N2O4S. The molecule has 7 heteroatoms. The molecule has 1 atom stereocenters. The molecule has 1 saturated heterocycles. The number of ether oxygens (including phenoxy) is 1. The Balaban J connectivity index is 1.85. The third-order valence-corrected chi connectivity index (χ3v) is 7.12. The second-order valence-corrected chi connectivity index (χ2v) is 9.72. The number of piperidine rings is 1. The summed E-state index contributed by atoms with van der Waals surface area (Å²) in [5, 5.41) is 0. The van der Waals surface area contributed by atoms with Gasteiger partial charge < -0.3 is 9.64 Å². The lowest BCUT2D eigenvalue weighted by molar-refractivity contribution is -0.134. The molecule has 0 spiro atoms. The van der Waals surface area contributed by atoms with Gasteiger partial charge in [-0.05, 0) is 61.4 Å². The van der Waals surface area contributed by atoms with E-state index in [1.54, 1.807) is 31.1 Å². The summed E-state index contributed by atoms with van der Waals surface area (Å²) in [6, 6.07) is 13.3. The summed E-state index contributed by atoms with van der Waals surface area (Å²) in [7, 11) is -2.33. The van der Waals surface area contributed by atoms with Gasteiger partial charge >= 0.3 is 0 Å². The first-order chi connectivity index (χ1) is 14.3. The van der Waals surface area contributed by atoms with Crippen LogP contribution in [0.1, 0.15) is 30.9 Å². The van der Waals surface area contributed by atoms with E-state index in [9.17, 15) is 13.2 Å². The minimum absolute atomic E-state index is 0.124. The first-order valence-electron chi connectivity index (χ1n) is 10.3. The number of nitrogens with one attached hydrogen (secondary N) is 1. The third kappa shape index (κ3) is 5.40. The smallest absolute Gasteiger partial charge is 0.241 e. The van der Waals surface area contributed by atoms with Gasteiger partial charge in [-0.2, -0.15) is 4.72 Å². The lowest BCUT2D eigenvalue weighted by Crippen LogP contribution is -2.51. The highest BCUT2D eigenvalue weighted by molar-refractivity contribution is 7.89. The van der Waals surface area contributed by atoms with Crippen molar-refractivity contribution in [3.05, 3.63) is 59.7 Å². The number of benzene rings is 2. The van der Waals surface area contributed by atoms with Crippen molar-refractivity contribution >= 4 is 15.9 Å². The summed E-state index contributed by atoms with van der Waals surface area (Å²) in [6.45, 7) is 5.29. The summed E-state index contributed by atoms with van der Waals surface area (Å²) in [4.78, 5) is 15.2. The van der Waals surface area contributed by atoms with Crippen LogP contribution in [0.3, 0.4) is 0 Å². The summed E-state index contributed by atoms with van der Waals surface area (Å²) in [6.07, 6.45) is 2.18. The summed E-state index contributed by atoms with van der Waals surface area (Å²) in [5.41, 5.74) is 1.63. The predicted molar refractivity (Wildman–Crippen MR) is 117 cm³/mol. The molecule has 2 aromatic carbocycles. The van der Waals surface area contributed by atoms with E-state index in [-0.39, 0.29) is 10.8 Å². The number of carbonyl (C=O) groups is 1. The maximum atomic E-state index is 13.3. The van der Waals surface area contributed by atoms with E-state index in [0.29, 0.717) is 31.2 Å². The van der Waals surface area contributed by atoms with Crippen LogP contribution < -0.4 is 9.46 Å². The van der Waals surface area contributed by atoms with Crippen molar-refractivity contribution in [2.45, 2.75) is 44.0 Å². The molecule has 1 amide bonds. The van der Waals surface area contributed by atoms with E-state index in [1.807, 2.05) is 30.3 Å². The van der Waals surface area contributed by atoms with Crippen molar-refractivity contribution in [3.8, 4) is 5.75 Å². The molecular weight excluding hydrogens is 400 g/mol. The van der Waals surface area contributed by atoms with E-state index in [0.717, 1.165) is 24.0 Å². The second-order valence-electron chi connectivity index (χ2n) is 8.00. The molecule has 6 nitrogen and oxygen atoms in total. The van der Waals surface area contributed by atoms with Crippen molar-refractivity contribution in [2.24, 2.45) is 5.92 Å². The van der Waals surface area contributed by atoms with Gasteiger partial charge in [0.05, 0.1) is 12.0 Å². The topological polar surface area (TPSA) is 75.7 Å². The number of sulfonamides is 1. The van der Waals surface area contributed by atoms with E-state index in [2.05, 4.69) is 11.6 Å². The Bertz CT molecular complexity index is 968. The van der Waals surface area contributed by atoms with Crippen LogP contribution in [0.15, 0.2) is 53.4 Å². The Hall–Kier alpha value is -2.38. The van der Waals surface area contributed by atoms with Gasteiger partial charge in [0.1, 0.15) is 11.8 Å². The molecule has 2 aromatic rings. The Morgan fingerprint density at radius 3 is 2.43 bits per heavy atom. The summed E-state index contributed by atoms with van der Waals surface area (Å²) >= 11 is 0. The molecule has 1 fully saturated rings. The lowest BCUT2D eigenvalue weighted by Gasteiger charge is -2.33. The van der Waals surface area contributed by atoms with Crippen LogP contribution in [-0.2, 0) is 21.2 Å². The van der Waals surface area contributed by atoms with Crippen LogP contribution in [0, 0.1) is 12.8 Å². The lowest BCUT2D eigenvalue weighted by atomic mass is 9.98. The van der Waals surface area contributed by atoms with Gasteiger partial charge in [-0.25, -0.2) is 8.42 Å². The largest absolute Gasteiger partial charge is 0.496 e. The van der Waals surface area contributed by atoms with Gasteiger partial charge in [0.2, 0.25) is 15.9 Å². The minimum atomic E-state index is -3.87. The van der Waals surface area contributed by atoms with E-state index >= 15 is 0 Å². The molecule has 162 valence electrons. The number of aryl methyl sites for hydroxylation is 1. The average Bonchev–Trinajstić information content (AvgIpc) is 2.74. The molecule has 1 aliphatic rings. The van der Waals surface area contributed by atoms with Crippen LogP contribution in [0.4, 0.5) is 0 Å². The molecule has 1 heterocycles. The fourth-order valence-electron chi connectivity index (χ4n) is 3.75. The number of hydrogen-bond acceptors (Lipinski definition) is 4. The summed E-state index contributed by atoms with van der Waals surface area (Å²) in [5.74, 6) is 1.04. The number of methoxy groups -OCH3 is 1. The van der Waals surface area contributed by atoms with Crippen LogP contribution in [-0.4, -0.2) is 45.5 Å². The minimum Gasteiger partial charge on any atom is -0.496 e. The highest BCUT2D eigenvalue weighted by Gasteiger charge is 2.31. The number of carbonyl (C=O) groups excluding carboxylic acids is 1. The van der Waals surface area contributed by atoms with Crippen molar-refractivity contribution < 1.29 is 17.9 Å². The SMILES string of the molecule is COc1ccc(S(=O)(=O)NC(Cc2ccccc2)C(=O)N2CCC(C)CC2)cc1C. The average molecular weight is 431 g/mol. The Morgan fingerprint density at radius 1 is 1.17 bits per heavy atom. The molecule has 3 rings (SSSR count). The van der Waals surface area contributed by atoms with Gasteiger partial charge in [0.25, 0.3) is 0 Å². The Labute approximate surface area is 179 Å². The van der Waals surface area contributed by atoms with Gasteiger partial charge in [0, 0.05) is 13.1 Å². The zero-order chi connectivity index (χ0) is 21.7. The number of rotatable bonds is 7. The van der Waals surface area contributed by atoms with Gasteiger partial charge in [-0.1, -0.05) is 37.3 Å². The van der Waals surface area contributed by atoms with Crippen LogP contribution in [0.5, 0.6) is 5.75 Å². The van der Waals surface area contributed by atoms with Crippen molar-refractivity contribution in [1.29, 1.82) is 0 Å². The van der Waals surface area contributed by atoms with Gasteiger partial charge in [0.15, 0.2) is 0 Å². The number of amides is 1. The fraction of sp³-hybridized carbons (Fsp3) is 0.435. The second kappa shape index (κ2) is 9.62.